The Morgan fingerprint density at radius 3 is 2.70 bits per heavy atom. The largest absolute Gasteiger partial charge is 0.478 e. The molecule has 0 saturated carbocycles. The van der Waals surface area contributed by atoms with Crippen LogP contribution in [0.5, 0.6) is 0 Å². The standard InChI is InChI=1S/C16H16O4/c1-9(17)13-10(2)20-16(15(18)19-3)8-11-6-4-5-7-12(11)14(13)16/h4-7,14H,8H2,1-3H3/t14-,16-/m1/s1. The van der Waals surface area contributed by atoms with Crippen molar-refractivity contribution in [1.82, 2.24) is 0 Å². The van der Waals surface area contributed by atoms with Gasteiger partial charge in [0, 0.05) is 12.0 Å². The zero-order chi connectivity index (χ0) is 14.5. The lowest BCUT2D eigenvalue weighted by atomic mass is 9.82. The van der Waals surface area contributed by atoms with Crippen LogP contribution in [0.3, 0.4) is 0 Å². The molecule has 0 N–H and O–H groups in total. The van der Waals surface area contributed by atoms with Gasteiger partial charge in [0.1, 0.15) is 5.76 Å². The van der Waals surface area contributed by atoms with E-state index in [-0.39, 0.29) is 11.7 Å². The summed E-state index contributed by atoms with van der Waals surface area (Å²) in [5.41, 5.74) is 1.50. The minimum Gasteiger partial charge on any atom is -0.478 e. The van der Waals surface area contributed by atoms with Gasteiger partial charge in [-0.05, 0) is 25.0 Å². The summed E-state index contributed by atoms with van der Waals surface area (Å²) in [6.07, 6.45) is 0.439. The van der Waals surface area contributed by atoms with Crippen LogP contribution >= 0.6 is 0 Å². The van der Waals surface area contributed by atoms with Gasteiger partial charge >= 0.3 is 5.97 Å². The third-order valence-corrected chi connectivity index (χ3v) is 4.20. The van der Waals surface area contributed by atoms with E-state index in [0.29, 0.717) is 17.8 Å². The minimum absolute atomic E-state index is 0.0602. The number of ether oxygens (including phenoxy) is 2. The Bertz CT molecular complexity index is 644. The molecule has 0 spiro atoms. The van der Waals surface area contributed by atoms with Crippen molar-refractivity contribution in [2.75, 3.05) is 7.11 Å². The van der Waals surface area contributed by atoms with Crippen molar-refractivity contribution in [1.29, 1.82) is 0 Å². The molecule has 0 aromatic heterocycles. The third-order valence-electron chi connectivity index (χ3n) is 4.20. The molecule has 1 aliphatic heterocycles. The highest BCUT2D eigenvalue weighted by molar-refractivity contribution is 6.00. The lowest BCUT2D eigenvalue weighted by Crippen LogP contribution is -2.43. The maximum absolute atomic E-state index is 12.3. The molecule has 1 aromatic rings. The van der Waals surface area contributed by atoms with E-state index in [0.717, 1.165) is 11.1 Å². The Kier molecular flexibility index (Phi) is 2.71. The predicted molar refractivity (Wildman–Crippen MR) is 72.1 cm³/mol. The summed E-state index contributed by atoms with van der Waals surface area (Å²) in [6, 6.07) is 7.76. The lowest BCUT2D eigenvalue weighted by molar-refractivity contribution is -0.162. The van der Waals surface area contributed by atoms with Crippen molar-refractivity contribution in [2.45, 2.75) is 31.8 Å². The highest BCUT2D eigenvalue weighted by atomic mass is 16.6. The van der Waals surface area contributed by atoms with Gasteiger partial charge in [-0.1, -0.05) is 24.3 Å². The Morgan fingerprint density at radius 2 is 2.05 bits per heavy atom. The van der Waals surface area contributed by atoms with Crippen molar-refractivity contribution >= 4 is 11.8 Å². The van der Waals surface area contributed by atoms with Gasteiger partial charge in [0.15, 0.2) is 5.78 Å². The number of ketones is 1. The van der Waals surface area contributed by atoms with Crippen LogP contribution in [0.2, 0.25) is 0 Å². The average molecular weight is 272 g/mol. The molecule has 4 nitrogen and oxygen atoms in total. The van der Waals surface area contributed by atoms with Gasteiger partial charge in [0.25, 0.3) is 0 Å². The minimum atomic E-state index is -1.11. The summed E-state index contributed by atoms with van der Waals surface area (Å²) in [7, 11) is 1.35. The zero-order valence-corrected chi connectivity index (χ0v) is 11.7. The number of carbonyl (C=O) groups is 2. The highest BCUT2D eigenvalue weighted by Crippen LogP contribution is 2.54. The summed E-state index contributed by atoms with van der Waals surface area (Å²) < 4.78 is 10.8. The first-order valence-electron chi connectivity index (χ1n) is 6.58. The lowest BCUT2D eigenvalue weighted by Gasteiger charge is -2.27. The van der Waals surface area contributed by atoms with E-state index in [4.69, 9.17) is 9.47 Å². The monoisotopic (exact) mass is 272 g/mol. The SMILES string of the molecule is COC(=O)[C@@]12Cc3ccccc3[C@@H]1C(C(C)=O)=C(C)O2. The summed E-state index contributed by atoms with van der Waals surface area (Å²) in [5, 5.41) is 0. The van der Waals surface area contributed by atoms with Crippen LogP contribution in [0.25, 0.3) is 0 Å². The van der Waals surface area contributed by atoms with Crippen LogP contribution in [0.15, 0.2) is 35.6 Å². The Balaban J connectivity index is 2.21. The second-order valence-corrected chi connectivity index (χ2v) is 5.32. The number of fused-ring (bicyclic) bond motifs is 3. The van der Waals surface area contributed by atoms with Gasteiger partial charge in [0.2, 0.25) is 5.60 Å². The first-order chi connectivity index (χ1) is 9.51. The molecular weight excluding hydrogens is 256 g/mol. The molecule has 0 unspecified atom stereocenters. The van der Waals surface area contributed by atoms with E-state index in [1.54, 1.807) is 6.92 Å². The fourth-order valence-corrected chi connectivity index (χ4v) is 3.48. The summed E-state index contributed by atoms with van der Waals surface area (Å²) >= 11 is 0. The quantitative estimate of drug-likeness (QED) is 0.774. The molecule has 3 rings (SSSR count). The number of hydrogen-bond acceptors (Lipinski definition) is 4. The van der Waals surface area contributed by atoms with E-state index in [9.17, 15) is 9.59 Å². The van der Waals surface area contributed by atoms with Crippen LogP contribution < -0.4 is 0 Å². The van der Waals surface area contributed by atoms with E-state index in [1.807, 2.05) is 24.3 Å². The molecule has 0 saturated heterocycles. The van der Waals surface area contributed by atoms with Crippen LogP contribution in [0.1, 0.15) is 30.9 Å². The first kappa shape index (κ1) is 12.9. The van der Waals surface area contributed by atoms with Crippen LogP contribution in [0.4, 0.5) is 0 Å². The molecule has 1 aromatic carbocycles. The van der Waals surface area contributed by atoms with Gasteiger partial charge in [-0.3, -0.25) is 4.79 Å². The maximum atomic E-state index is 12.3. The number of methoxy groups -OCH3 is 1. The maximum Gasteiger partial charge on any atom is 0.351 e. The smallest absolute Gasteiger partial charge is 0.351 e. The summed E-state index contributed by atoms with van der Waals surface area (Å²) in [4.78, 5) is 24.3. The van der Waals surface area contributed by atoms with Gasteiger partial charge in [-0.15, -0.1) is 0 Å². The molecule has 2 aliphatic rings. The van der Waals surface area contributed by atoms with Crippen LogP contribution in [-0.2, 0) is 25.5 Å². The number of esters is 1. The van der Waals surface area contributed by atoms with E-state index >= 15 is 0 Å². The molecule has 0 amide bonds. The van der Waals surface area contributed by atoms with Crippen molar-refractivity contribution < 1.29 is 19.1 Å². The molecule has 104 valence electrons. The summed E-state index contributed by atoms with van der Waals surface area (Å²) in [6.45, 7) is 3.25. The molecular formula is C16H16O4. The van der Waals surface area contributed by atoms with Gasteiger partial charge in [-0.2, -0.15) is 0 Å². The number of hydrogen-bond donors (Lipinski definition) is 0. The van der Waals surface area contributed by atoms with Crippen LogP contribution in [-0.4, -0.2) is 24.5 Å². The molecule has 4 heteroatoms. The number of benzene rings is 1. The van der Waals surface area contributed by atoms with Gasteiger partial charge in [-0.25, -0.2) is 4.79 Å². The van der Waals surface area contributed by atoms with E-state index in [1.165, 1.54) is 14.0 Å². The highest BCUT2D eigenvalue weighted by Gasteiger charge is 2.61. The average Bonchev–Trinajstić information content (AvgIpc) is 2.88. The molecule has 1 aliphatic carbocycles. The number of Topliss-reactive ketones (excluding diaryl/α,β-unsaturated/α-hetero) is 1. The predicted octanol–water partition coefficient (Wildman–Crippen LogP) is 2.13. The normalized spacial score (nSPS) is 26.9. The van der Waals surface area contributed by atoms with Crippen molar-refractivity contribution in [3.8, 4) is 0 Å². The van der Waals surface area contributed by atoms with Crippen LogP contribution in [0, 0.1) is 0 Å². The first-order valence-corrected chi connectivity index (χ1v) is 6.58. The Hall–Kier alpha value is -2.10. The number of allylic oxidation sites excluding steroid dienone is 1. The Labute approximate surface area is 117 Å². The van der Waals surface area contributed by atoms with Crippen molar-refractivity contribution in [2.24, 2.45) is 0 Å². The van der Waals surface area contributed by atoms with Crippen molar-refractivity contribution in [3.63, 3.8) is 0 Å². The molecule has 0 radical (unpaired) electrons. The van der Waals surface area contributed by atoms with E-state index in [2.05, 4.69) is 0 Å². The van der Waals surface area contributed by atoms with E-state index < -0.39 is 11.6 Å². The molecule has 1 heterocycles. The molecule has 2 atom stereocenters. The fourth-order valence-electron chi connectivity index (χ4n) is 3.48. The molecule has 0 fully saturated rings. The zero-order valence-electron chi connectivity index (χ0n) is 11.7. The third kappa shape index (κ3) is 1.48. The summed E-state index contributed by atoms with van der Waals surface area (Å²) in [5.74, 6) is -0.310. The second-order valence-electron chi connectivity index (χ2n) is 5.32. The van der Waals surface area contributed by atoms with Gasteiger partial charge < -0.3 is 9.47 Å². The second kappa shape index (κ2) is 4.20. The topological polar surface area (TPSA) is 52.6 Å². The van der Waals surface area contributed by atoms with Gasteiger partial charge in [0.05, 0.1) is 13.0 Å². The fraction of sp³-hybridized carbons (Fsp3) is 0.375. The Morgan fingerprint density at radius 1 is 1.35 bits per heavy atom. The molecule has 20 heavy (non-hydrogen) atoms. The number of carbonyl (C=O) groups excluding carboxylic acids is 2. The van der Waals surface area contributed by atoms with Crippen molar-refractivity contribution in [3.05, 3.63) is 46.7 Å². The molecule has 0 bridgehead atoms. The number of rotatable bonds is 2.